The second kappa shape index (κ2) is 4.45. The number of rotatable bonds is 2. The van der Waals surface area contributed by atoms with Crippen molar-refractivity contribution in [1.82, 2.24) is 4.98 Å². The molecule has 0 saturated heterocycles. The van der Waals surface area contributed by atoms with Crippen LogP contribution in [0, 0.1) is 6.92 Å². The first-order valence-electron chi connectivity index (χ1n) is 4.88. The Morgan fingerprint density at radius 3 is 2.69 bits per heavy atom. The van der Waals surface area contributed by atoms with Gasteiger partial charge in [0.1, 0.15) is 6.29 Å². The van der Waals surface area contributed by atoms with E-state index in [2.05, 4.69) is 4.98 Å². The minimum absolute atomic E-state index is 0.582. The van der Waals surface area contributed by atoms with Crippen LogP contribution < -0.4 is 0 Å². The highest BCUT2D eigenvalue weighted by Crippen LogP contribution is 2.30. The number of aryl methyl sites for hydroxylation is 1. The highest BCUT2D eigenvalue weighted by atomic mass is 35.5. The van der Waals surface area contributed by atoms with E-state index in [4.69, 9.17) is 11.6 Å². The van der Waals surface area contributed by atoms with Gasteiger partial charge in [0, 0.05) is 28.5 Å². The summed E-state index contributed by atoms with van der Waals surface area (Å²) in [7, 11) is 0. The monoisotopic (exact) mass is 231 g/mol. The van der Waals surface area contributed by atoms with Crippen LogP contribution in [0.15, 0.2) is 36.7 Å². The first-order valence-corrected chi connectivity index (χ1v) is 5.26. The third-order valence-corrected chi connectivity index (χ3v) is 2.75. The second-order valence-corrected chi connectivity index (χ2v) is 3.95. The summed E-state index contributed by atoms with van der Waals surface area (Å²) in [6.45, 7) is 1.98. The number of carbonyl (C=O) groups excluding carboxylic acids is 1. The van der Waals surface area contributed by atoms with E-state index in [9.17, 15) is 4.79 Å². The van der Waals surface area contributed by atoms with Crippen LogP contribution in [0.25, 0.3) is 11.1 Å². The zero-order valence-corrected chi connectivity index (χ0v) is 9.53. The predicted octanol–water partition coefficient (Wildman–Crippen LogP) is 3.52. The van der Waals surface area contributed by atoms with Crippen LogP contribution in [0.3, 0.4) is 0 Å². The molecule has 0 unspecified atom stereocenters. The van der Waals surface area contributed by atoms with Crippen LogP contribution in [0.4, 0.5) is 0 Å². The topological polar surface area (TPSA) is 30.0 Å². The van der Waals surface area contributed by atoms with E-state index < -0.39 is 0 Å². The molecule has 2 nitrogen and oxygen atoms in total. The molecule has 0 radical (unpaired) electrons. The summed E-state index contributed by atoms with van der Waals surface area (Å²) >= 11 is 6.14. The molecule has 0 saturated carbocycles. The van der Waals surface area contributed by atoms with Crippen molar-refractivity contribution in [2.24, 2.45) is 0 Å². The first-order chi connectivity index (χ1) is 7.72. The van der Waals surface area contributed by atoms with Crippen LogP contribution in [0.5, 0.6) is 0 Å². The molecule has 0 amide bonds. The molecule has 0 aliphatic carbocycles. The van der Waals surface area contributed by atoms with Gasteiger partial charge in [-0.3, -0.25) is 9.78 Å². The predicted molar refractivity (Wildman–Crippen MR) is 64.8 cm³/mol. The first kappa shape index (κ1) is 10.8. The molecular formula is C13H10ClNO. The third-order valence-electron chi connectivity index (χ3n) is 2.44. The number of nitrogens with zero attached hydrogens (tertiary/aromatic N) is 1. The minimum atomic E-state index is 0.582. The van der Waals surface area contributed by atoms with Crippen molar-refractivity contribution in [3.05, 3.63) is 52.8 Å². The number of hydrogen-bond acceptors (Lipinski definition) is 2. The van der Waals surface area contributed by atoms with E-state index in [1.807, 2.05) is 19.1 Å². The Labute approximate surface area is 98.9 Å². The molecule has 0 spiro atoms. The second-order valence-electron chi connectivity index (χ2n) is 3.55. The summed E-state index contributed by atoms with van der Waals surface area (Å²) in [5.74, 6) is 0. The Kier molecular flexibility index (Phi) is 3.02. The molecule has 0 atom stereocenters. The Balaban J connectivity index is 2.57. The summed E-state index contributed by atoms with van der Waals surface area (Å²) in [5, 5.41) is 0.582. The molecule has 0 bridgehead atoms. The van der Waals surface area contributed by atoms with Crippen LogP contribution in [0.2, 0.25) is 5.02 Å². The van der Waals surface area contributed by atoms with Gasteiger partial charge in [0.25, 0.3) is 0 Å². The number of benzene rings is 1. The van der Waals surface area contributed by atoms with E-state index >= 15 is 0 Å². The lowest BCUT2D eigenvalue weighted by atomic mass is 10.0. The van der Waals surface area contributed by atoms with Crippen LogP contribution in [0.1, 0.15) is 15.9 Å². The zero-order chi connectivity index (χ0) is 11.5. The molecule has 1 heterocycles. The average molecular weight is 232 g/mol. The SMILES string of the molecule is Cc1cnccc1-c1ccc(C=O)cc1Cl. The quantitative estimate of drug-likeness (QED) is 0.741. The smallest absolute Gasteiger partial charge is 0.150 e. The summed E-state index contributed by atoms with van der Waals surface area (Å²) in [6, 6.07) is 7.20. The van der Waals surface area contributed by atoms with Gasteiger partial charge in [-0.05, 0) is 30.2 Å². The molecule has 3 heteroatoms. The molecular weight excluding hydrogens is 222 g/mol. The number of carbonyl (C=O) groups is 1. The van der Waals surface area contributed by atoms with Crippen LogP contribution >= 0.6 is 11.6 Å². The summed E-state index contributed by atoms with van der Waals surface area (Å²) in [5.41, 5.74) is 3.60. The lowest BCUT2D eigenvalue weighted by Gasteiger charge is -2.07. The fraction of sp³-hybridized carbons (Fsp3) is 0.0769. The molecule has 0 N–H and O–H groups in total. The number of hydrogen-bond donors (Lipinski definition) is 0. The van der Waals surface area contributed by atoms with Gasteiger partial charge in [-0.2, -0.15) is 0 Å². The highest BCUT2D eigenvalue weighted by Gasteiger charge is 2.06. The average Bonchev–Trinajstić information content (AvgIpc) is 2.30. The molecule has 2 aromatic rings. The Morgan fingerprint density at radius 1 is 1.25 bits per heavy atom. The maximum atomic E-state index is 10.6. The van der Waals surface area contributed by atoms with Gasteiger partial charge in [0.2, 0.25) is 0 Å². The van der Waals surface area contributed by atoms with Crippen molar-refractivity contribution in [2.75, 3.05) is 0 Å². The van der Waals surface area contributed by atoms with Crippen molar-refractivity contribution < 1.29 is 4.79 Å². The van der Waals surface area contributed by atoms with Gasteiger partial charge in [0.15, 0.2) is 0 Å². The third kappa shape index (κ3) is 1.97. The van der Waals surface area contributed by atoms with Crippen molar-refractivity contribution in [2.45, 2.75) is 6.92 Å². The summed E-state index contributed by atoms with van der Waals surface area (Å²) < 4.78 is 0. The number of aromatic nitrogens is 1. The van der Waals surface area contributed by atoms with Gasteiger partial charge >= 0.3 is 0 Å². The van der Waals surface area contributed by atoms with Crippen molar-refractivity contribution in [3.8, 4) is 11.1 Å². The van der Waals surface area contributed by atoms with Crippen LogP contribution in [-0.2, 0) is 0 Å². The highest BCUT2D eigenvalue weighted by molar-refractivity contribution is 6.33. The van der Waals surface area contributed by atoms with Gasteiger partial charge in [-0.15, -0.1) is 0 Å². The Morgan fingerprint density at radius 2 is 2.06 bits per heavy atom. The molecule has 0 aliphatic heterocycles. The van der Waals surface area contributed by atoms with Gasteiger partial charge in [-0.25, -0.2) is 0 Å². The largest absolute Gasteiger partial charge is 0.298 e. The molecule has 1 aromatic carbocycles. The minimum Gasteiger partial charge on any atom is -0.298 e. The summed E-state index contributed by atoms with van der Waals surface area (Å²) in [6.07, 6.45) is 4.31. The van der Waals surface area contributed by atoms with E-state index in [0.29, 0.717) is 10.6 Å². The number of halogens is 1. The van der Waals surface area contributed by atoms with E-state index in [1.54, 1.807) is 24.5 Å². The summed E-state index contributed by atoms with van der Waals surface area (Å²) in [4.78, 5) is 14.6. The van der Waals surface area contributed by atoms with E-state index in [1.165, 1.54) is 0 Å². The molecule has 0 aliphatic rings. The Hall–Kier alpha value is -1.67. The normalized spacial score (nSPS) is 10.1. The molecule has 1 aromatic heterocycles. The fourth-order valence-corrected chi connectivity index (χ4v) is 1.89. The fourth-order valence-electron chi connectivity index (χ4n) is 1.60. The van der Waals surface area contributed by atoms with E-state index in [-0.39, 0.29) is 0 Å². The van der Waals surface area contributed by atoms with Gasteiger partial charge in [0.05, 0.1) is 0 Å². The van der Waals surface area contributed by atoms with Crippen molar-refractivity contribution >= 4 is 17.9 Å². The van der Waals surface area contributed by atoms with Gasteiger partial charge in [-0.1, -0.05) is 23.7 Å². The lowest BCUT2D eigenvalue weighted by molar-refractivity contribution is 0.112. The molecule has 16 heavy (non-hydrogen) atoms. The maximum Gasteiger partial charge on any atom is 0.150 e. The molecule has 2 rings (SSSR count). The van der Waals surface area contributed by atoms with Crippen molar-refractivity contribution in [1.29, 1.82) is 0 Å². The van der Waals surface area contributed by atoms with Gasteiger partial charge < -0.3 is 0 Å². The van der Waals surface area contributed by atoms with E-state index in [0.717, 1.165) is 23.0 Å². The standard InChI is InChI=1S/C13H10ClNO/c1-9-7-15-5-4-11(9)12-3-2-10(8-16)6-13(12)14/h2-8H,1H3. The zero-order valence-electron chi connectivity index (χ0n) is 8.77. The van der Waals surface area contributed by atoms with Crippen molar-refractivity contribution in [3.63, 3.8) is 0 Å². The van der Waals surface area contributed by atoms with Crippen LogP contribution in [-0.4, -0.2) is 11.3 Å². The number of aldehydes is 1. The molecule has 0 fully saturated rings. The lowest BCUT2D eigenvalue weighted by Crippen LogP contribution is -1.87. The Bertz CT molecular complexity index is 537. The maximum absolute atomic E-state index is 10.6. The number of pyridine rings is 1. The molecule has 80 valence electrons.